The number of nitrogens with one attached hydrogen (secondary N) is 1. The molecular weight excluding hydrogens is 425 g/mol. The molecule has 6 nitrogen and oxygen atoms in total. The minimum atomic E-state index is -0.529. The SMILES string of the molecule is Cc1cc(N=C(c2ccccc2)C2C(=O)Nc3cc(B4OC(C)(C)C(C)(C)O4)ccc32)ccn1. The van der Waals surface area contributed by atoms with Gasteiger partial charge in [0.05, 0.1) is 22.6 Å². The van der Waals surface area contributed by atoms with Gasteiger partial charge >= 0.3 is 7.12 Å². The maximum Gasteiger partial charge on any atom is 0.494 e. The lowest BCUT2D eigenvalue weighted by Gasteiger charge is -2.32. The fourth-order valence-corrected chi connectivity index (χ4v) is 4.32. The summed E-state index contributed by atoms with van der Waals surface area (Å²) in [6.45, 7) is 10.0. The molecule has 1 unspecified atom stereocenters. The number of rotatable bonds is 4. The summed E-state index contributed by atoms with van der Waals surface area (Å²) < 4.78 is 12.4. The average Bonchev–Trinajstić information content (AvgIpc) is 3.23. The van der Waals surface area contributed by atoms with Crippen LogP contribution >= 0.6 is 0 Å². The lowest BCUT2D eigenvalue weighted by Crippen LogP contribution is -2.41. The maximum atomic E-state index is 13.3. The van der Waals surface area contributed by atoms with E-state index in [9.17, 15) is 4.79 Å². The Labute approximate surface area is 200 Å². The molecule has 172 valence electrons. The predicted octanol–water partition coefficient (Wildman–Crippen LogP) is 4.55. The van der Waals surface area contributed by atoms with E-state index in [4.69, 9.17) is 14.3 Å². The van der Waals surface area contributed by atoms with Crippen molar-refractivity contribution in [2.75, 3.05) is 5.32 Å². The van der Waals surface area contributed by atoms with Gasteiger partial charge in [0.1, 0.15) is 5.92 Å². The Morgan fingerprint density at radius 1 is 1.00 bits per heavy atom. The number of aryl methyl sites for hydroxylation is 1. The van der Waals surface area contributed by atoms with E-state index in [-0.39, 0.29) is 5.91 Å². The van der Waals surface area contributed by atoms with Gasteiger partial charge in [-0.3, -0.25) is 14.8 Å². The first-order chi connectivity index (χ1) is 16.1. The van der Waals surface area contributed by atoms with Crippen LogP contribution in [0.3, 0.4) is 0 Å². The Hall–Kier alpha value is -3.29. The second-order valence-electron chi connectivity index (χ2n) is 9.88. The van der Waals surface area contributed by atoms with Gasteiger partial charge in [0.2, 0.25) is 5.91 Å². The number of amides is 1. The van der Waals surface area contributed by atoms with E-state index in [0.29, 0.717) is 5.71 Å². The van der Waals surface area contributed by atoms with Gasteiger partial charge in [0.25, 0.3) is 0 Å². The highest BCUT2D eigenvalue weighted by atomic mass is 16.7. The van der Waals surface area contributed by atoms with Crippen molar-refractivity contribution < 1.29 is 14.1 Å². The van der Waals surface area contributed by atoms with Crippen LogP contribution in [0.5, 0.6) is 0 Å². The minimum absolute atomic E-state index is 0.102. The third-order valence-electron chi connectivity index (χ3n) is 6.91. The molecule has 2 aromatic carbocycles. The predicted molar refractivity (Wildman–Crippen MR) is 135 cm³/mol. The van der Waals surface area contributed by atoms with Crippen LogP contribution in [-0.2, 0) is 14.1 Å². The summed E-state index contributed by atoms with van der Waals surface area (Å²) in [5.41, 5.74) is 4.90. The van der Waals surface area contributed by atoms with E-state index < -0.39 is 24.2 Å². The third-order valence-corrected chi connectivity index (χ3v) is 6.91. The van der Waals surface area contributed by atoms with Crippen LogP contribution in [-0.4, -0.2) is 34.9 Å². The standard InChI is InChI=1S/C27H28BN3O3/c1-17-15-20(13-14-29-17)30-24(18-9-7-6-8-10-18)23-21-12-11-19(16-22(21)31-25(23)32)28-33-26(2,3)27(4,5)34-28/h6-16,23H,1-5H3,(H,31,32). The smallest absolute Gasteiger partial charge is 0.399 e. The van der Waals surface area contributed by atoms with Gasteiger partial charge < -0.3 is 14.6 Å². The Kier molecular flexibility index (Phi) is 5.42. The molecule has 2 aliphatic heterocycles. The van der Waals surface area contributed by atoms with Crippen LogP contribution in [0.2, 0.25) is 0 Å². The molecule has 7 heteroatoms. The van der Waals surface area contributed by atoms with E-state index in [1.165, 1.54) is 0 Å². The molecule has 2 aliphatic rings. The zero-order valence-electron chi connectivity index (χ0n) is 20.1. The molecule has 3 aromatic rings. The second-order valence-corrected chi connectivity index (χ2v) is 9.88. The molecule has 3 heterocycles. The van der Waals surface area contributed by atoms with E-state index >= 15 is 0 Å². The summed E-state index contributed by atoms with van der Waals surface area (Å²) in [7, 11) is -0.492. The van der Waals surface area contributed by atoms with E-state index in [1.54, 1.807) is 6.20 Å². The van der Waals surface area contributed by atoms with Crippen LogP contribution in [0.4, 0.5) is 11.4 Å². The Morgan fingerprint density at radius 2 is 1.71 bits per heavy atom. The molecule has 1 fully saturated rings. The van der Waals surface area contributed by atoms with Gasteiger partial charge in [-0.2, -0.15) is 0 Å². The van der Waals surface area contributed by atoms with Gasteiger partial charge in [-0.1, -0.05) is 42.5 Å². The summed E-state index contributed by atoms with van der Waals surface area (Å²) in [6.07, 6.45) is 1.73. The maximum absolute atomic E-state index is 13.3. The molecule has 0 spiro atoms. The van der Waals surface area contributed by atoms with Crippen molar-refractivity contribution in [3.05, 3.63) is 83.7 Å². The van der Waals surface area contributed by atoms with Crippen LogP contribution in [0, 0.1) is 6.92 Å². The molecule has 0 aliphatic carbocycles. The molecule has 1 amide bonds. The second kappa shape index (κ2) is 8.18. The van der Waals surface area contributed by atoms with Crippen molar-refractivity contribution in [2.45, 2.75) is 51.7 Å². The molecule has 5 rings (SSSR count). The van der Waals surface area contributed by atoms with Crippen LogP contribution in [0.25, 0.3) is 0 Å². The normalized spacial score (nSPS) is 20.9. The molecule has 0 bridgehead atoms. The molecule has 1 atom stereocenters. The van der Waals surface area contributed by atoms with Crippen LogP contribution in [0.1, 0.15) is 50.4 Å². The fraction of sp³-hybridized carbons (Fsp3) is 0.296. The average molecular weight is 453 g/mol. The number of aromatic nitrogens is 1. The molecule has 0 saturated carbocycles. The molecule has 0 radical (unpaired) electrons. The Bertz CT molecular complexity index is 1270. The summed E-state index contributed by atoms with van der Waals surface area (Å²) in [5, 5.41) is 3.06. The number of pyridine rings is 1. The third kappa shape index (κ3) is 3.95. The highest BCUT2D eigenvalue weighted by Crippen LogP contribution is 2.39. The highest BCUT2D eigenvalue weighted by molar-refractivity contribution is 6.62. The minimum Gasteiger partial charge on any atom is -0.399 e. The number of hydrogen-bond acceptors (Lipinski definition) is 5. The van der Waals surface area contributed by atoms with Crippen molar-refractivity contribution in [1.82, 2.24) is 4.98 Å². The summed E-state index contributed by atoms with van der Waals surface area (Å²) in [6, 6.07) is 19.5. The van der Waals surface area contributed by atoms with Crippen molar-refractivity contribution in [1.29, 1.82) is 0 Å². The van der Waals surface area contributed by atoms with Crippen LogP contribution < -0.4 is 10.8 Å². The number of nitrogens with zero attached hydrogens (tertiary/aromatic N) is 2. The van der Waals surface area contributed by atoms with Crippen molar-refractivity contribution in [2.24, 2.45) is 4.99 Å². The lowest BCUT2D eigenvalue weighted by molar-refractivity contribution is -0.115. The highest BCUT2D eigenvalue weighted by Gasteiger charge is 2.52. The topological polar surface area (TPSA) is 72.8 Å². The summed E-state index contributed by atoms with van der Waals surface area (Å²) >= 11 is 0. The number of fused-ring (bicyclic) bond motifs is 1. The van der Waals surface area contributed by atoms with Crippen molar-refractivity contribution in [3.63, 3.8) is 0 Å². The molecule has 1 N–H and O–H groups in total. The zero-order chi connectivity index (χ0) is 24.1. The van der Waals surface area contributed by atoms with E-state index in [1.807, 2.05) is 95.3 Å². The van der Waals surface area contributed by atoms with Crippen molar-refractivity contribution >= 4 is 35.6 Å². The first-order valence-corrected chi connectivity index (χ1v) is 11.5. The van der Waals surface area contributed by atoms with Gasteiger partial charge in [0.15, 0.2) is 0 Å². The molecular formula is C27H28BN3O3. The summed E-state index contributed by atoms with van der Waals surface area (Å²) in [4.78, 5) is 22.5. The Balaban J connectivity index is 1.55. The zero-order valence-corrected chi connectivity index (χ0v) is 20.1. The van der Waals surface area contributed by atoms with Gasteiger partial charge in [-0.05, 0) is 69.4 Å². The molecule has 34 heavy (non-hydrogen) atoms. The van der Waals surface area contributed by atoms with Gasteiger partial charge in [-0.15, -0.1) is 0 Å². The first-order valence-electron chi connectivity index (χ1n) is 11.5. The number of hydrogen-bond donors (Lipinski definition) is 1. The summed E-state index contributed by atoms with van der Waals surface area (Å²) in [5.74, 6) is -0.632. The monoisotopic (exact) mass is 453 g/mol. The number of carbonyl (C=O) groups excluding carboxylic acids is 1. The molecule has 1 aromatic heterocycles. The van der Waals surface area contributed by atoms with Crippen LogP contribution in [0.15, 0.2) is 71.9 Å². The quantitative estimate of drug-likeness (QED) is 0.465. The van der Waals surface area contributed by atoms with Gasteiger partial charge in [-0.25, -0.2) is 0 Å². The number of carbonyl (C=O) groups is 1. The first kappa shape index (κ1) is 22.5. The van der Waals surface area contributed by atoms with Gasteiger partial charge in [0, 0.05) is 17.6 Å². The number of anilines is 1. The largest absolute Gasteiger partial charge is 0.494 e. The molecule has 1 saturated heterocycles. The lowest BCUT2D eigenvalue weighted by atomic mass is 9.77. The van der Waals surface area contributed by atoms with E-state index in [2.05, 4.69) is 10.3 Å². The Morgan fingerprint density at radius 3 is 2.38 bits per heavy atom. The van der Waals surface area contributed by atoms with E-state index in [0.717, 1.165) is 33.7 Å². The van der Waals surface area contributed by atoms with Crippen molar-refractivity contribution in [3.8, 4) is 0 Å². The number of aliphatic imine (C=N–C) groups is 1. The number of benzene rings is 2. The fourth-order valence-electron chi connectivity index (χ4n) is 4.32.